The van der Waals surface area contributed by atoms with Crippen LogP contribution in [0.4, 0.5) is 0 Å². The van der Waals surface area contributed by atoms with Gasteiger partial charge in [-0.2, -0.15) is 0 Å². The summed E-state index contributed by atoms with van der Waals surface area (Å²) in [5.41, 5.74) is 2.07. The second-order valence-electron chi connectivity index (χ2n) is 7.64. The number of amides is 1. The van der Waals surface area contributed by atoms with Crippen LogP contribution < -0.4 is 0 Å². The molecular weight excluding hydrogens is 342 g/mol. The molecule has 3 atom stereocenters. The molecule has 1 fully saturated rings. The van der Waals surface area contributed by atoms with Crippen molar-refractivity contribution in [2.24, 2.45) is 18.9 Å². The molecule has 0 radical (unpaired) electrons. The van der Waals surface area contributed by atoms with Gasteiger partial charge in [-0.3, -0.25) is 9.59 Å². The fourth-order valence-corrected chi connectivity index (χ4v) is 4.51. The Morgan fingerprint density at radius 1 is 1.15 bits per heavy atom. The molecule has 3 unspecified atom stereocenters. The maximum atomic E-state index is 13.1. The highest BCUT2D eigenvalue weighted by molar-refractivity contribution is 5.85. The summed E-state index contributed by atoms with van der Waals surface area (Å²) in [5.74, 6) is -0.767. The van der Waals surface area contributed by atoms with Crippen LogP contribution in [-0.4, -0.2) is 44.5 Å². The molecule has 27 heavy (non-hydrogen) atoms. The minimum absolute atomic E-state index is 0.0183. The number of carbonyl (C=O) groups excluding carboxylic acids is 1. The number of piperidine rings is 1. The van der Waals surface area contributed by atoms with E-state index in [1.165, 1.54) is 0 Å². The monoisotopic (exact) mass is 367 g/mol. The first kappa shape index (κ1) is 17.8. The van der Waals surface area contributed by atoms with Gasteiger partial charge in [0, 0.05) is 26.1 Å². The van der Waals surface area contributed by atoms with E-state index in [0.29, 0.717) is 25.9 Å². The van der Waals surface area contributed by atoms with Gasteiger partial charge in [0.2, 0.25) is 5.91 Å². The molecule has 2 heterocycles. The molecule has 1 aliphatic carbocycles. The number of fused-ring (bicyclic) bond motifs is 1. The van der Waals surface area contributed by atoms with Crippen molar-refractivity contribution in [3.8, 4) is 0 Å². The van der Waals surface area contributed by atoms with Gasteiger partial charge < -0.3 is 14.6 Å². The van der Waals surface area contributed by atoms with Crippen LogP contribution >= 0.6 is 0 Å². The summed E-state index contributed by atoms with van der Waals surface area (Å²) in [6.45, 7) is 1.31. The highest BCUT2D eigenvalue weighted by atomic mass is 16.4. The maximum Gasteiger partial charge on any atom is 0.307 e. The minimum atomic E-state index is -0.874. The van der Waals surface area contributed by atoms with Crippen molar-refractivity contribution >= 4 is 22.9 Å². The average molecular weight is 367 g/mol. The molecule has 0 saturated carbocycles. The Morgan fingerprint density at radius 3 is 2.63 bits per heavy atom. The van der Waals surface area contributed by atoms with E-state index in [9.17, 15) is 14.7 Å². The van der Waals surface area contributed by atoms with Gasteiger partial charge in [0.05, 0.1) is 22.9 Å². The molecule has 1 saturated heterocycles. The fourth-order valence-electron chi connectivity index (χ4n) is 4.51. The molecular formula is C21H25N3O3. The lowest BCUT2D eigenvalue weighted by Crippen LogP contribution is -2.46. The highest BCUT2D eigenvalue weighted by Gasteiger charge is 2.38. The van der Waals surface area contributed by atoms with Crippen molar-refractivity contribution in [2.75, 3.05) is 13.1 Å². The number of nitrogens with zero attached hydrogens (tertiary/aromatic N) is 3. The highest BCUT2D eigenvalue weighted by Crippen LogP contribution is 2.32. The van der Waals surface area contributed by atoms with Gasteiger partial charge in [-0.15, -0.1) is 0 Å². The zero-order valence-electron chi connectivity index (χ0n) is 15.5. The Balaban J connectivity index is 1.55. The van der Waals surface area contributed by atoms with Crippen LogP contribution in [0.3, 0.4) is 0 Å². The fraction of sp³-hybridized carbons (Fsp3) is 0.476. The number of allylic oxidation sites excluding steroid dienone is 2. The summed E-state index contributed by atoms with van der Waals surface area (Å²) >= 11 is 0. The van der Waals surface area contributed by atoms with Crippen molar-refractivity contribution in [3.63, 3.8) is 0 Å². The summed E-state index contributed by atoms with van der Waals surface area (Å²) in [6, 6.07) is 8.06. The Bertz CT molecular complexity index is 901. The maximum absolute atomic E-state index is 13.1. The lowest BCUT2D eigenvalue weighted by atomic mass is 9.81. The molecule has 142 valence electrons. The first-order chi connectivity index (χ1) is 13.1. The average Bonchev–Trinajstić information content (AvgIpc) is 3.04. The Kier molecular flexibility index (Phi) is 4.72. The summed E-state index contributed by atoms with van der Waals surface area (Å²) in [6.07, 6.45) is 6.68. The normalized spacial score (nSPS) is 25.7. The molecule has 1 aliphatic heterocycles. The molecule has 6 nitrogen and oxygen atoms in total. The topological polar surface area (TPSA) is 75.4 Å². The zero-order chi connectivity index (χ0) is 19.0. The zero-order valence-corrected chi connectivity index (χ0v) is 15.5. The second-order valence-corrected chi connectivity index (χ2v) is 7.64. The third kappa shape index (κ3) is 3.24. The first-order valence-corrected chi connectivity index (χ1v) is 9.64. The number of para-hydroxylation sites is 2. The van der Waals surface area contributed by atoms with E-state index in [1.807, 2.05) is 42.3 Å². The summed E-state index contributed by atoms with van der Waals surface area (Å²) in [5, 5.41) is 9.48. The van der Waals surface area contributed by atoms with E-state index in [0.717, 1.165) is 29.7 Å². The predicted molar refractivity (Wildman–Crippen MR) is 102 cm³/mol. The molecule has 1 amide bonds. The van der Waals surface area contributed by atoms with Gasteiger partial charge in [-0.25, -0.2) is 4.98 Å². The van der Waals surface area contributed by atoms with E-state index in [-0.39, 0.29) is 11.8 Å². The number of hydrogen-bond acceptors (Lipinski definition) is 3. The van der Waals surface area contributed by atoms with Crippen LogP contribution in [0.5, 0.6) is 0 Å². The standard InChI is InChI=1S/C21H25N3O3/c1-23-18-11-5-4-10-17(18)22-19(23)14-7-6-12-24(13-14)20(25)15-8-2-3-9-16(15)21(26)27/h2-5,10-11,14-16H,6-9,12-13H2,1H3,(H,26,27). The predicted octanol–water partition coefficient (Wildman–Crippen LogP) is 2.95. The minimum Gasteiger partial charge on any atom is -0.481 e. The van der Waals surface area contributed by atoms with Crippen molar-refractivity contribution in [1.29, 1.82) is 0 Å². The molecule has 2 aromatic rings. The number of aliphatic carboxylic acids is 1. The van der Waals surface area contributed by atoms with Gasteiger partial charge in [-0.05, 0) is 37.8 Å². The Labute approximate surface area is 158 Å². The van der Waals surface area contributed by atoms with Crippen LogP contribution in [0, 0.1) is 11.8 Å². The number of aryl methyl sites for hydroxylation is 1. The van der Waals surface area contributed by atoms with E-state index in [4.69, 9.17) is 4.98 Å². The number of aromatic nitrogens is 2. The number of imidazole rings is 1. The quantitative estimate of drug-likeness (QED) is 0.847. The molecule has 1 aromatic heterocycles. The smallest absolute Gasteiger partial charge is 0.307 e. The lowest BCUT2D eigenvalue weighted by molar-refractivity contribution is -0.151. The summed E-state index contributed by atoms with van der Waals surface area (Å²) < 4.78 is 2.12. The number of likely N-dealkylation sites (tertiary alicyclic amines) is 1. The SMILES string of the molecule is Cn1c(C2CCCN(C(=O)C3CC=CCC3C(=O)O)C2)nc2ccccc21. The Hall–Kier alpha value is -2.63. The number of hydrogen-bond donors (Lipinski definition) is 1. The van der Waals surface area contributed by atoms with Gasteiger partial charge in [0.25, 0.3) is 0 Å². The third-order valence-electron chi connectivity index (χ3n) is 5.99. The molecule has 1 aromatic carbocycles. The van der Waals surface area contributed by atoms with Crippen LogP contribution in [-0.2, 0) is 16.6 Å². The molecule has 0 bridgehead atoms. The number of benzene rings is 1. The van der Waals surface area contributed by atoms with Crippen molar-refractivity contribution in [1.82, 2.24) is 14.5 Å². The third-order valence-corrected chi connectivity index (χ3v) is 5.99. The molecule has 1 N–H and O–H groups in total. The van der Waals surface area contributed by atoms with Gasteiger partial charge in [-0.1, -0.05) is 24.3 Å². The summed E-state index contributed by atoms with van der Waals surface area (Å²) in [7, 11) is 2.03. The van der Waals surface area contributed by atoms with Crippen molar-refractivity contribution in [3.05, 3.63) is 42.2 Å². The summed E-state index contributed by atoms with van der Waals surface area (Å²) in [4.78, 5) is 31.3. The van der Waals surface area contributed by atoms with Crippen LogP contribution in [0.25, 0.3) is 11.0 Å². The van der Waals surface area contributed by atoms with Crippen molar-refractivity contribution < 1.29 is 14.7 Å². The van der Waals surface area contributed by atoms with Gasteiger partial charge >= 0.3 is 5.97 Å². The molecule has 6 heteroatoms. The van der Waals surface area contributed by atoms with E-state index in [1.54, 1.807) is 0 Å². The van der Waals surface area contributed by atoms with E-state index < -0.39 is 17.8 Å². The number of carboxylic acid groups (broad SMARTS) is 1. The Morgan fingerprint density at radius 2 is 1.89 bits per heavy atom. The molecule has 0 spiro atoms. The van der Waals surface area contributed by atoms with E-state index >= 15 is 0 Å². The van der Waals surface area contributed by atoms with Crippen LogP contribution in [0.2, 0.25) is 0 Å². The van der Waals surface area contributed by atoms with Gasteiger partial charge in [0.1, 0.15) is 5.82 Å². The second kappa shape index (κ2) is 7.18. The van der Waals surface area contributed by atoms with Gasteiger partial charge in [0.15, 0.2) is 0 Å². The lowest BCUT2D eigenvalue weighted by Gasteiger charge is -2.36. The van der Waals surface area contributed by atoms with E-state index in [2.05, 4.69) is 10.6 Å². The molecule has 2 aliphatic rings. The molecule has 4 rings (SSSR count). The first-order valence-electron chi connectivity index (χ1n) is 9.64. The number of carbonyl (C=O) groups is 2. The largest absolute Gasteiger partial charge is 0.481 e. The van der Waals surface area contributed by atoms with Crippen LogP contribution in [0.15, 0.2) is 36.4 Å². The number of carboxylic acids is 1. The number of rotatable bonds is 3. The van der Waals surface area contributed by atoms with Crippen molar-refractivity contribution in [2.45, 2.75) is 31.6 Å². The van der Waals surface area contributed by atoms with Crippen LogP contribution in [0.1, 0.15) is 37.4 Å².